The van der Waals surface area contributed by atoms with Crippen LogP contribution < -0.4 is 10.4 Å². The van der Waals surface area contributed by atoms with Crippen molar-refractivity contribution in [3.63, 3.8) is 0 Å². The Labute approximate surface area is 179 Å². The average Bonchev–Trinajstić information content (AvgIpc) is 3.44. The standard InChI is InChI=1S/C22H27N3O6/c1-13-11-24-17(12-23(13)21(29)31-22(2,3)4)18(19(26)27)25(20(24)28)14-5-7-15(8-6-14)30-16-9-10-16/h5-8,13,16H,9-12H2,1-4H3,(H,26,27)/t13-/m1/s1. The first-order valence-electron chi connectivity index (χ1n) is 10.4. The Kier molecular flexibility index (Phi) is 5.07. The number of amides is 1. The summed E-state index contributed by atoms with van der Waals surface area (Å²) in [5, 5.41) is 9.92. The molecule has 1 fully saturated rings. The fourth-order valence-electron chi connectivity index (χ4n) is 3.69. The first-order valence-corrected chi connectivity index (χ1v) is 10.4. The molecule has 166 valence electrons. The van der Waals surface area contributed by atoms with Crippen molar-refractivity contribution in [1.29, 1.82) is 0 Å². The van der Waals surface area contributed by atoms with Crippen LogP contribution in [0.3, 0.4) is 0 Å². The van der Waals surface area contributed by atoms with Gasteiger partial charge in [-0.25, -0.2) is 14.4 Å². The highest BCUT2D eigenvalue weighted by molar-refractivity contribution is 5.88. The van der Waals surface area contributed by atoms with Crippen LogP contribution in [0.1, 0.15) is 56.7 Å². The second-order valence-corrected chi connectivity index (χ2v) is 9.10. The Balaban J connectivity index is 1.71. The molecule has 1 aliphatic heterocycles. The number of aromatic nitrogens is 2. The smallest absolute Gasteiger partial charge is 0.410 e. The van der Waals surface area contributed by atoms with Crippen molar-refractivity contribution in [3.8, 4) is 11.4 Å². The molecule has 2 aliphatic rings. The molecule has 1 aromatic carbocycles. The zero-order valence-electron chi connectivity index (χ0n) is 18.1. The van der Waals surface area contributed by atoms with Crippen LogP contribution in [0.4, 0.5) is 4.79 Å². The van der Waals surface area contributed by atoms with E-state index in [4.69, 9.17) is 9.47 Å². The normalized spacial score (nSPS) is 18.5. The fourth-order valence-corrected chi connectivity index (χ4v) is 3.69. The number of aromatic carboxylic acids is 1. The number of ether oxygens (including phenoxy) is 2. The minimum absolute atomic E-state index is 0.0250. The second-order valence-electron chi connectivity index (χ2n) is 9.10. The van der Waals surface area contributed by atoms with Crippen molar-refractivity contribution in [2.24, 2.45) is 0 Å². The third kappa shape index (κ3) is 4.17. The Morgan fingerprint density at radius 2 is 1.77 bits per heavy atom. The predicted octanol–water partition coefficient (Wildman–Crippen LogP) is 3.02. The molecule has 1 saturated carbocycles. The summed E-state index contributed by atoms with van der Waals surface area (Å²) in [7, 11) is 0. The monoisotopic (exact) mass is 429 g/mol. The van der Waals surface area contributed by atoms with Crippen LogP contribution in [0, 0.1) is 0 Å². The Bertz CT molecular complexity index is 1070. The van der Waals surface area contributed by atoms with Crippen molar-refractivity contribution in [1.82, 2.24) is 14.0 Å². The van der Waals surface area contributed by atoms with Crippen molar-refractivity contribution in [3.05, 3.63) is 46.1 Å². The van der Waals surface area contributed by atoms with E-state index >= 15 is 0 Å². The van der Waals surface area contributed by atoms with Crippen LogP contribution in [0.25, 0.3) is 5.69 Å². The average molecular weight is 429 g/mol. The number of hydrogen-bond donors (Lipinski definition) is 1. The van der Waals surface area contributed by atoms with Crippen LogP contribution >= 0.6 is 0 Å². The predicted molar refractivity (Wildman–Crippen MR) is 112 cm³/mol. The zero-order chi connectivity index (χ0) is 22.5. The highest BCUT2D eigenvalue weighted by Crippen LogP contribution is 2.28. The molecule has 1 aliphatic carbocycles. The van der Waals surface area contributed by atoms with Crippen molar-refractivity contribution >= 4 is 12.1 Å². The lowest BCUT2D eigenvalue weighted by Gasteiger charge is -2.35. The molecule has 31 heavy (non-hydrogen) atoms. The molecule has 2 aromatic rings. The number of rotatable bonds is 4. The van der Waals surface area contributed by atoms with Gasteiger partial charge in [-0.1, -0.05) is 0 Å². The van der Waals surface area contributed by atoms with E-state index in [1.54, 1.807) is 52.0 Å². The van der Waals surface area contributed by atoms with Crippen LogP contribution in [-0.2, 0) is 17.8 Å². The molecular formula is C22H27N3O6. The maximum absolute atomic E-state index is 13.2. The van der Waals surface area contributed by atoms with Gasteiger partial charge in [0.1, 0.15) is 11.4 Å². The summed E-state index contributed by atoms with van der Waals surface area (Å²) in [5.41, 5.74) is -0.566. The SMILES string of the molecule is C[C@@H]1Cn2c(c(C(=O)O)n(-c3ccc(OC4CC4)cc3)c2=O)CN1C(=O)OC(C)(C)C. The zero-order valence-corrected chi connectivity index (χ0v) is 18.1. The van der Waals surface area contributed by atoms with Gasteiger partial charge in [-0.05, 0) is 64.8 Å². The first kappa shape index (κ1) is 21.0. The van der Waals surface area contributed by atoms with E-state index in [0.717, 1.165) is 12.8 Å². The van der Waals surface area contributed by atoms with E-state index in [2.05, 4.69) is 0 Å². The number of fused-ring (bicyclic) bond motifs is 1. The molecule has 4 rings (SSSR count). The summed E-state index contributed by atoms with van der Waals surface area (Å²) in [6.07, 6.45) is 1.76. The minimum Gasteiger partial charge on any atom is -0.490 e. The minimum atomic E-state index is -1.23. The summed E-state index contributed by atoms with van der Waals surface area (Å²) in [6.45, 7) is 7.27. The number of carboxylic acids is 1. The van der Waals surface area contributed by atoms with E-state index in [1.807, 2.05) is 0 Å². The third-order valence-corrected chi connectivity index (χ3v) is 5.30. The van der Waals surface area contributed by atoms with Gasteiger partial charge in [0.2, 0.25) is 0 Å². The Hall–Kier alpha value is -3.23. The molecule has 0 saturated heterocycles. The van der Waals surface area contributed by atoms with Gasteiger partial charge in [0.05, 0.1) is 30.1 Å². The van der Waals surface area contributed by atoms with Gasteiger partial charge in [0.25, 0.3) is 0 Å². The van der Waals surface area contributed by atoms with E-state index < -0.39 is 23.4 Å². The summed E-state index contributed by atoms with van der Waals surface area (Å²) in [5.74, 6) is -0.548. The summed E-state index contributed by atoms with van der Waals surface area (Å²) in [6, 6.07) is 6.49. The highest BCUT2D eigenvalue weighted by atomic mass is 16.6. The van der Waals surface area contributed by atoms with Gasteiger partial charge in [0, 0.05) is 6.54 Å². The van der Waals surface area contributed by atoms with Crippen LogP contribution in [0.2, 0.25) is 0 Å². The fraction of sp³-hybridized carbons (Fsp3) is 0.500. The van der Waals surface area contributed by atoms with Crippen LogP contribution in [-0.4, -0.2) is 49.0 Å². The van der Waals surface area contributed by atoms with Gasteiger partial charge in [-0.2, -0.15) is 0 Å². The number of imidazole rings is 1. The van der Waals surface area contributed by atoms with E-state index in [1.165, 1.54) is 14.0 Å². The Morgan fingerprint density at radius 3 is 2.32 bits per heavy atom. The van der Waals surface area contributed by atoms with Gasteiger partial charge >= 0.3 is 17.8 Å². The lowest BCUT2D eigenvalue weighted by molar-refractivity contribution is 0.00937. The largest absolute Gasteiger partial charge is 0.490 e. The van der Waals surface area contributed by atoms with Crippen LogP contribution in [0.15, 0.2) is 29.1 Å². The third-order valence-electron chi connectivity index (χ3n) is 5.30. The molecule has 1 N–H and O–H groups in total. The summed E-state index contributed by atoms with van der Waals surface area (Å²) < 4.78 is 13.8. The van der Waals surface area contributed by atoms with Gasteiger partial charge in [-0.3, -0.25) is 14.0 Å². The molecule has 0 unspecified atom stereocenters. The molecule has 1 amide bonds. The summed E-state index contributed by atoms with van der Waals surface area (Å²) in [4.78, 5) is 39.4. The van der Waals surface area contributed by atoms with E-state index in [0.29, 0.717) is 11.4 Å². The molecule has 1 atom stereocenters. The topological polar surface area (TPSA) is 103 Å². The molecule has 9 heteroatoms. The maximum Gasteiger partial charge on any atom is 0.410 e. The summed E-state index contributed by atoms with van der Waals surface area (Å²) >= 11 is 0. The second kappa shape index (κ2) is 7.47. The number of benzene rings is 1. The molecular weight excluding hydrogens is 402 g/mol. The lowest BCUT2D eigenvalue weighted by Crippen LogP contribution is -2.48. The van der Waals surface area contributed by atoms with Gasteiger partial charge in [-0.15, -0.1) is 0 Å². The van der Waals surface area contributed by atoms with Gasteiger partial charge < -0.3 is 14.6 Å². The number of carbonyl (C=O) groups is 2. The number of carboxylic acid groups (broad SMARTS) is 1. The molecule has 0 radical (unpaired) electrons. The molecule has 9 nitrogen and oxygen atoms in total. The van der Waals surface area contributed by atoms with Crippen molar-refractivity contribution in [2.75, 3.05) is 0 Å². The number of hydrogen-bond acceptors (Lipinski definition) is 5. The number of nitrogens with zero attached hydrogens (tertiary/aromatic N) is 3. The van der Waals surface area contributed by atoms with E-state index in [9.17, 15) is 19.5 Å². The Morgan fingerprint density at radius 1 is 1.13 bits per heavy atom. The van der Waals surface area contributed by atoms with E-state index in [-0.39, 0.29) is 36.6 Å². The quantitative estimate of drug-likeness (QED) is 0.801. The number of carbonyl (C=O) groups excluding carboxylic acids is 1. The van der Waals surface area contributed by atoms with Gasteiger partial charge in [0.15, 0.2) is 5.69 Å². The maximum atomic E-state index is 13.2. The van der Waals surface area contributed by atoms with Crippen LogP contribution in [0.5, 0.6) is 5.75 Å². The highest BCUT2D eigenvalue weighted by Gasteiger charge is 2.36. The molecule has 0 bridgehead atoms. The molecule has 2 heterocycles. The first-order chi connectivity index (χ1) is 14.5. The lowest BCUT2D eigenvalue weighted by atomic mass is 10.1. The molecule has 1 aromatic heterocycles. The molecule has 0 spiro atoms. The van der Waals surface area contributed by atoms with Crippen molar-refractivity contribution in [2.45, 2.75) is 71.4 Å². The van der Waals surface area contributed by atoms with Crippen molar-refractivity contribution < 1.29 is 24.2 Å².